The van der Waals surface area contributed by atoms with Gasteiger partial charge in [0.05, 0.1) is 25.5 Å². The fraction of sp³-hybridized carbons (Fsp3) is 0.350. The fourth-order valence-corrected chi connectivity index (χ4v) is 3.71. The predicted octanol–water partition coefficient (Wildman–Crippen LogP) is -1.17. The summed E-state index contributed by atoms with van der Waals surface area (Å²) in [6.07, 6.45) is -1.43. The second-order valence-electron chi connectivity index (χ2n) is 7.55. The van der Waals surface area contributed by atoms with E-state index in [1.807, 2.05) is 0 Å². The molecule has 1 aliphatic rings. The third kappa shape index (κ3) is 5.92. The lowest BCUT2D eigenvalue weighted by Gasteiger charge is -2.22. The van der Waals surface area contributed by atoms with Crippen LogP contribution in [0.3, 0.4) is 0 Å². The summed E-state index contributed by atoms with van der Waals surface area (Å²) in [6.45, 7) is 0. The first-order chi connectivity index (χ1) is 15.8. The molecule has 0 unspecified atom stereocenters. The summed E-state index contributed by atoms with van der Waals surface area (Å²) in [5.41, 5.74) is 13.1. The molecule has 198 valence electrons. The van der Waals surface area contributed by atoms with Crippen LogP contribution in [0, 0.1) is 0 Å². The number of ether oxygens (including phenoxy) is 2. The Morgan fingerprint density at radius 2 is 1.89 bits per heavy atom. The zero-order valence-corrected chi connectivity index (χ0v) is 20.5. The molecular weight excluding hydrogens is 521 g/mol. The number of hydrogen-bond donors (Lipinski definition) is 5. The lowest BCUT2D eigenvalue weighted by Crippen LogP contribution is -2.54. The molecule has 0 radical (unpaired) electrons. The number of imidazole rings is 1. The number of aliphatic carboxylic acids is 1. The molecule has 5 atom stereocenters. The Hall–Kier alpha value is -3.27. The highest BCUT2D eigenvalue weighted by Crippen LogP contribution is 2.32. The molecule has 0 spiro atoms. The van der Waals surface area contributed by atoms with Crippen LogP contribution >= 0.6 is 24.8 Å². The molecule has 36 heavy (non-hydrogen) atoms. The lowest BCUT2D eigenvalue weighted by molar-refractivity contribution is -0.152. The van der Waals surface area contributed by atoms with Gasteiger partial charge in [-0.05, 0) is 24.1 Å². The molecule has 1 fully saturated rings. The number of hydrogen-bond acceptors (Lipinski definition) is 10. The zero-order valence-electron chi connectivity index (χ0n) is 18.8. The van der Waals surface area contributed by atoms with Crippen molar-refractivity contribution in [2.75, 3.05) is 12.8 Å². The van der Waals surface area contributed by atoms with Gasteiger partial charge in [0.1, 0.15) is 23.7 Å². The average molecular weight is 548 g/mol. The number of carboxylic acids is 1. The minimum absolute atomic E-state index is 0. The maximum Gasteiger partial charge on any atom is 0.335 e. The minimum atomic E-state index is -1.53. The summed E-state index contributed by atoms with van der Waals surface area (Å²) in [4.78, 5) is 36.5. The Kier molecular flexibility index (Phi) is 10.8. The first-order valence-corrected chi connectivity index (χ1v) is 9.98. The Bertz CT molecular complexity index is 1180. The summed E-state index contributed by atoms with van der Waals surface area (Å²) in [5.74, 6) is -1.20. The molecule has 1 aliphatic heterocycles. The molecule has 0 aliphatic carbocycles. The van der Waals surface area contributed by atoms with Crippen LogP contribution in [0.5, 0.6) is 5.75 Å². The van der Waals surface area contributed by atoms with Crippen molar-refractivity contribution in [3.05, 3.63) is 42.5 Å². The van der Waals surface area contributed by atoms with Crippen molar-refractivity contribution in [1.82, 2.24) is 24.8 Å². The van der Waals surface area contributed by atoms with Gasteiger partial charge in [0, 0.05) is 0 Å². The first kappa shape index (κ1) is 30.8. The topological polar surface area (TPSA) is 232 Å². The van der Waals surface area contributed by atoms with Crippen molar-refractivity contribution >= 4 is 53.7 Å². The SMILES string of the molecule is COc1ccc(C[C@H](N)C(=O)N[C@H]2[C@@H](O)[C@H](n3cnc4c(N)ncnc43)O[C@@H]2C(=O)O)cc1.Cl.Cl.O. The van der Waals surface area contributed by atoms with E-state index in [1.54, 1.807) is 31.4 Å². The number of rotatable bonds is 7. The van der Waals surface area contributed by atoms with E-state index in [-0.39, 0.29) is 53.7 Å². The number of halogens is 2. The van der Waals surface area contributed by atoms with E-state index in [9.17, 15) is 19.8 Å². The van der Waals surface area contributed by atoms with Gasteiger partial charge in [-0.15, -0.1) is 24.8 Å². The predicted molar refractivity (Wildman–Crippen MR) is 132 cm³/mol. The minimum Gasteiger partial charge on any atom is -0.497 e. The third-order valence-corrected chi connectivity index (χ3v) is 5.44. The van der Waals surface area contributed by atoms with Crippen molar-refractivity contribution in [3.8, 4) is 5.75 Å². The van der Waals surface area contributed by atoms with Gasteiger partial charge in [0.25, 0.3) is 0 Å². The number of methoxy groups -OCH3 is 1. The highest BCUT2D eigenvalue weighted by Gasteiger charge is 2.49. The van der Waals surface area contributed by atoms with Gasteiger partial charge in [-0.25, -0.2) is 19.7 Å². The van der Waals surface area contributed by atoms with Crippen LogP contribution in [-0.4, -0.2) is 78.5 Å². The number of aliphatic hydroxyl groups is 1. The lowest BCUT2D eigenvalue weighted by atomic mass is 10.0. The van der Waals surface area contributed by atoms with Crippen LogP contribution in [0.4, 0.5) is 5.82 Å². The highest BCUT2D eigenvalue weighted by atomic mass is 35.5. The van der Waals surface area contributed by atoms with E-state index < -0.39 is 42.4 Å². The van der Waals surface area contributed by atoms with E-state index in [0.29, 0.717) is 5.75 Å². The van der Waals surface area contributed by atoms with Crippen LogP contribution in [0.25, 0.3) is 11.2 Å². The van der Waals surface area contributed by atoms with Gasteiger partial charge in [-0.3, -0.25) is 9.36 Å². The smallest absolute Gasteiger partial charge is 0.335 e. The van der Waals surface area contributed by atoms with Crippen molar-refractivity contribution in [2.45, 2.75) is 36.9 Å². The van der Waals surface area contributed by atoms with E-state index >= 15 is 0 Å². The number of carbonyl (C=O) groups excluding carboxylic acids is 1. The van der Waals surface area contributed by atoms with Gasteiger partial charge >= 0.3 is 5.97 Å². The number of nitrogens with one attached hydrogen (secondary N) is 1. The normalized spacial score (nSPS) is 21.4. The van der Waals surface area contributed by atoms with Gasteiger partial charge in [-0.1, -0.05) is 12.1 Å². The Labute approximate surface area is 217 Å². The summed E-state index contributed by atoms with van der Waals surface area (Å²) < 4.78 is 12.0. The number of amides is 1. The molecule has 0 saturated carbocycles. The summed E-state index contributed by atoms with van der Waals surface area (Å²) >= 11 is 0. The molecule has 3 aromatic rings. The quantitative estimate of drug-likeness (QED) is 0.236. The first-order valence-electron chi connectivity index (χ1n) is 9.98. The molecule has 2 aromatic heterocycles. The van der Waals surface area contributed by atoms with Crippen LogP contribution in [-0.2, 0) is 20.7 Å². The zero-order chi connectivity index (χ0) is 23.7. The number of anilines is 1. The van der Waals surface area contributed by atoms with Crippen LogP contribution in [0.1, 0.15) is 11.8 Å². The number of carbonyl (C=O) groups is 2. The number of fused-ring (bicyclic) bond motifs is 1. The standard InChI is InChI=1S/C20H23N7O6.2ClH.H2O/c1-32-10-4-2-9(3-5-10)6-11(21)18(29)26-12-14(28)19(33-15(12)20(30)31)27-8-25-13-16(22)23-7-24-17(13)27;;;/h2-5,7-8,11-12,14-15,19,28H,6,21H2,1H3,(H,26,29)(H,30,31)(H2,22,23,24);2*1H;1H2/t11-,12-,14+,15-,19+;;;/m0.../s1. The molecule has 0 bridgehead atoms. The Morgan fingerprint density at radius 1 is 1.22 bits per heavy atom. The number of nitrogen functional groups attached to an aromatic ring is 1. The van der Waals surface area contributed by atoms with Crippen molar-refractivity contribution in [2.24, 2.45) is 5.73 Å². The second kappa shape index (κ2) is 12.6. The molecule has 3 heterocycles. The van der Waals surface area contributed by atoms with Gasteiger partial charge < -0.3 is 41.9 Å². The summed E-state index contributed by atoms with van der Waals surface area (Å²) in [5, 5.41) is 23.0. The number of nitrogens with zero attached hydrogens (tertiary/aromatic N) is 4. The number of carboxylic acid groups (broad SMARTS) is 1. The maximum atomic E-state index is 12.7. The van der Waals surface area contributed by atoms with Crippen molar-refractivity contribution in [3.63, 3.8) is 0 Å². The van der Waals surface area contributed by atoms with E-state index in [0.717, 1.165) is 5.56 Å². The molecule has 1 amide bonds. The molecule has 14 nitrogen and oxygen atoms in total. The van der Waals surface area contributed by atoms with Gasteiger partial charge in [0.2, 0.25) is 5.91 Å². The number of benzene rings is 1. The largest absolute Gasteiger partial charge is 0.497 e. The van der Waals surface area contributed by atoms with E-state index in [1.165, 1.54) is 17.2 Å². The van der Waals surface area contributed by atoms with E-state index in [2.05, 4.69) is 20.3 Å². The third-order valence-electron chi connectivity index (χ3n) is 5.44. The van der Waals surface area contributed by atoms with Crippen molar-refractivity contribution < 1.29 is 34.8 Å². The molecule has 16 heteroatoms. The number of aromatic nitrogens is 4. The summed E-state index contributed by atoms with van der Waals surface area (Å²) in [6, 6.07) is 4.77. The Morgan fingerprint density at radius 3 is 2.50 bits per heavy atom. The van der Waals surface area contributed by atoms with Crippen LogP contribution in [0.2, 0.25) is 0 Å². The molecule has 1 aromatic carbocycles. The summed E-state index contributed by atoms with van der Waals surface area (Å²) in [7, 11) is 1.55. The van der Waals surface area contributed by atoms with Crippen molar-refractivity contribution in [1.29, 1.82) is 0 Å². The molecule has 1 saturated heterocycles. The molecule has 9 N–H and O–H groups in total. The van der Waals surface area contributed by atoms with Gasteiger partial charge in [-0.2, -0.15) is 0 Å². The maximum absolute atomic E-state index is 12.7. The monoisotopic (exact) mass is 547 g/mol. The van der Waals surface area contributed by atoms with Gasteiger partial charge in [0.15, 0.2) is 23.8 Å². The fourth-order valence-electron chi connectivity index (χ4n) is 3.71. The van der Waals surface area contributed by atoms with Crippen LogP contribution < -0.4 is 21.5 Å². The average Bonchev–Trinajstić information content (AvgIpc) is 3.36. The highest BCUT2D eigenvalue weighted by molar-refractivity contribution is 5.86. The number of aliphatic hydroxyl groups excluding tert-OH is 1. The number of nitrogens with two attached hydrogens (primary N) is 2. The molecular formula is C20H27Cl2N7O7. The van der Waals surface area contributed by atoms with Crippen LogP contribution in [0.15, 0.2) is 36.9 Å². The Balaban J connectivity index is 0.00000216. The van der Waals surface area contributed by atoms with E-state index in [4.69, 9.17) is 20.9 Å². The molecule has 4 rings (SSSR count). The second-order valence-corrected chi connectivity index (χ2v) is 7.55.